The molecule has 5 rings (SSSR count). The van der Waals surface area contributed by atoms with Gasteiger partial charge in [0.1, 0.15) is 5.75 Å². The molecule has 1 amide bonds. The molecule has 1 aromatic carbocycles. The Kier molecular flexibility index (Phi) is 6.12. The largest absolute Gasteiger partial charge is 0.497 e. The van der Waals surface area contributed by atoms with Crippen molar-refractivity contribution in [3.8, 4) is 23.2 Å². The van der Waals surface area contributed by atoms with Crippen molar-refractivity contribution in [3.63, 3.8) is 0 Å². The fraction of sp³-hybridized carbons (Fsp3) is 0.348. The van der Waals surface area contributed by atoms with Gasteiger partial charge in [-0.3, -0.25) is 4.90 Å². The first-order valence-corrected chi connectivity index (χ1v) is 11.8. The second kappa shape index (κ2) is 9.35. The van der Waals surface area contributed by atoms with Gasteiger partial charge in [0, 0.05) is 26.2 Å². The van der Waals surface area contributed by atoms with Crippen LogP contribution in [0.1, 0.15) is 23.4 Å². The summed E-state index contributed by atoms with van der Waals surface area (Å²) < 4.78 is 17.4. The molecule has 1 fully saturated rings. The molecule has 34 heavy (non-hydrogen) atoms. The zero-order valence-electron chi connectivity index (χ0n) is 18.9. The Labute approximate surface area is 199 Å². The fourth-order valence-corrected chi connectivity index (χ4v) is 5.27. The number of nitrogens with zero attached hydrogens (tertiary/aromatic N) is 5. The second-order valence-electron chi connectivity index (χ2n) is 7.80. The highest BCUT2D eigenvalue weighted by Gasteiger charge is 2.33. The number of rotatable bonds is 6. The number of hydrogen-bond acceptors (Lipinski definition) is 9. The maximum Gasteiger partial charge on any atom is 0.409 e. The van der Waals surface area contributed by atoms with Gasteiger partial charge in [-0.25, -0.2) is 4.79 Å². The minimum absolute atomic E-state index is 0.0333. The molecule has 1 atom stereocenters. The molecule has 0 unspecified atom stereocenters. The molecule has 1 aliphatic rings. The summed E-state index contributed by atoms with van der Waals surface area (Å²) in [5, 5.41) is 15.6. The molecular formula is C23H25N5O5S. The van der Waals surface area contributed by atoms with Crippen molar-refractivity contribution in [1.29, 1.82) is 0 Å². The number of carbonyl (C=O) groups is 1. The minimum atomic E-state index is -0.299. The topological polar surface area (TPSA) is 106 Å². The Morgan fingerprint density at radius 1 is 1.24 bits per heavy atom. The highest BCUT2D eigenvalue weighted by atomic mass is 32.1. The standard InChI is InChI=1S/C23H25N5O5S/c1-3-32-23(30)27-11-9-26(10-12-27)18(15-6-4-7-16(14-15)31-2)19-21(29)28-22(34-19)24-20(25-28)17-8-5-13-33-17/h4-8,13-14,18,29H,3,9-12H2,1-2H3/t18-/m1/s1. The number of benzene rings is 1. The monoisotopic (exact) mass is 483 g/mol. The van der Waals surface area contributed by atoms with Crippen molar-refractivity contribution in [1.82, 2.24) is 24.4 Å². The Balaban J connectivity index is 1.50. The smallest absolute Gasteiger partial charge is 0.409 e. The van der Waals surface area contributed by atoms with Crippen molar-refractivity contribution >= 4 is 22.4 Å². The van der Waals surface area contributed by atoms with Crippen molar-refractivity contribution in [2.24, 2.45) is 0 Å². The minimum Gasteiger partial charge on any atom is -0.497 e. The van der Waals surface area contributed by atoms with Gasteiger partial charge in [0.2, 0.25) is 16.7 Å². The van der Waals surface area contributed by atoms with Gasteiger partial charge >= 0.3 is 6.09 Å². The lowest BCUT2D eigenvalue weighted by Crippen LogP contribution is -2.49. The first-order valence-electron chi connectivity index (χ1n) is 11.0. The van der Waals surface area contributed by atoms with Crippen LogP contribution in [-0.2, 0) is 4.74 Å². The Morgan fingerprint density at radius 2 is 2.06 bits per heavy atom. The molecule has 0 radical (unpaired) electrons. The molecule has 4 aromatic rings. The molecule has 0 spiro atoms. The van der Waals surface area contributed by atoms with E-state index in [4.69, 9.17) is 13.9 Å². The molecule has 10 nitrogen and oxygen atoms in total. The zero-order chi connectivity index (χ0) is 23.7. The molecular weight excluding hydrogens is 458 g/mol. The molecule has 1 aliphatic heterocycles. The van der Waals surface area contributed by atoms with Gasteiger partial charge in [-0.15, -0.1) is 5.10 Å². The molecule has 11 heteroatoms. The summed E-state index contributed by atoms with van der Waals surface area (Å²) in [4.78, 5) is 22.0. The van der Waals surface area contributed by atoms with Crippen molar-refractivity contribution in [2.75, 3.05) is 39.9 Å². The number of amides is 1. The van der Waals surface area contributed by atoms with E-state index in [1.165, 1.54) is 15.9 Å². The SMILES string of the molecule is CCOC(=O)N1CCN([C@H](c2cccc(OC)c2)c2sc3nc(-c4ccco4)nn3c2O)CC1. The molecule has 1 saturated heterocycles. The number of furan rings is 1. The number of methoxy groups -OCH3 is 1. The van der Waals surface area contributed by atoms with Crippen molar-refractivity contribution in [2.45, 2.75) is 13.0 Å². The lowest BCUT2D eigenvalue weighted by Gasteiger charge is -2.38. The van der Waals surface area contributed by atoms with E-state index in [0.29, 0.717) is 49.3 Å². The molecule has 0 bridgehead atoms. The average Bonchev–Trinajstić information content (AvgIpc) is 3.59. The first-order chi connectivity index (χ1) is 16.6. The summed E-state index contributed by atoms with van der Waals surface area (Å²) in [6.07, 6.45) is 1.26. The third-order valence-corrected chi connectivity index (χ3v) is 6.88. The van der Waals surface area contributed by atoms with Gasteiger partial charge in [0.15, 0.2) is 5.76 Å². The van der Waals surface area contributed by atoms with E-state index in [0.717, 1.165) is 16.2 Å². The number of piperazine rings is 1. The van der Waals surface area contributed by atoms with E-state index >= 15 is 0 Å². The maximum absolute atomic E-state index is 12.2. The molecule has 0 saturated carbocycles. The van der Waals surface area contributed by atoms with E-state index in [1.54, 1.807) is 37.3 Å². The summed E-state index contributed by atoms with van der Waals surface area (Å²) >= 11 is 1.38. The summed E-state index contributed by atoms with van der Waals surface area (Å²) in [5.41, 5.74) is 0.968. The van der Waals surface area contributed by atoms with Crippen LogP contribution in [0, 0.1) is 0 Å². The van der Waals surface area contributed by atoms with Crippen molar-refractivity contribution in [3.05, 3.63) is 53.1 Å². The summed E-state index contributed by atoms with van der Waals surface area (Å²) in [5.74, 6) is 1.72. The lowest BCUT2D eigenvalue weighted by atomic mass is 10.0. The number of thiazole rings is 1. The number of fused-ring (bicyclic) bond motifs is 1. The van der Waals surface area contributed by atoms with E-state index in [2.05, 4.69) is 15.0 Å². The Hall–Kier alpha value is -3.57. The zero-order valence-corrected chi connectivity index (χ0v) is 19.7. The predicted molar refractivity (Wildman–Crippen MR) is 125 cm³/mol. The summed E-state index contributed by atoms with van der Waals surface area (Å²) in [6.45, 7) is 4.44. The number of carbonyl (C=O) groups excluding carboxylic acids is 1. The van der Waals surface area contributed by atoms with E-state index < -0.39 is 0 Å². The third kappa shape index (κ3) is 4.08. The van der Waals surface area contributed by atoms with Crippen LogP contribution >= 0.6 is 11.3 Å². The highest BCUT2D eigenvalue weighted by molar-refractivity contribution is 7.17. The van der Waals surface area contributed by atoms with Crippen LogP contribution < -0.4 is 4.74 Å². The normalized spacial score (nSPS) is 15.5. The van der Waals surface area contributed by atoms with E-state index in [9.17, 15) is 9.90 Å². The molecule has 1 N–H and O–H groups in total. The number of aromatic hydroxyl groups is 1. The van der Waals surface area contributed by atoms with Crippen LogP contribution in [0.3, 0.4) is 0 Å². The predicted octanol–water partition coefficient (Wildman–Crippen LogP) is 3.63. The molecule has 4 heterocycles. The van der Waals surface area contributed by atoms with Gasteiger partial charge in [-0.1, -0.05) is 23.5 Å². The van der Waals surface area contributed by atoms with Crippen LogP contribution in [0.25, 0.3) is 16.5 Å². The fourth-order valence-electron chi connectivity index (χ4n) is 4.16. The van der Waals surface area contributed by atoms with Gasteiger partial charge in [-0.2, -0.15) is 9.50 Å². The molecule has 3 aromatic heterocycles. The molecule has 178 valence electrons. The quantitative estimate of drug-likeness (QED) is 0.443. The van der Waals surface area contributed by atoms with Gasteiger partial charge in [0.05, 0.1) is 30.9 Å². The number of hydrogen-bond donors (Lipinski definition) is 1. The summed E-state index contributed by atoms with van der Waals surface area (Å²) in [7, 11) is 1.63. The van der Waals surface area contributed by atoms with E-state index in [-0.39, 0.29) is 18.0 Å². The first kappa shape index (κ1) is 22.2. The van der Waals surface area contributed by atoms with Crippen LogP contribution in [0.2, 0.25) is 0 Å². The Bertz CT molecular complexity index is 1280. The van der Waals surface area contributed by atoms with Crippen LogP contribution in [0.5, 0.6) is 11.6 Å². The number of aromatic nitrogens is 3. The average molecular weight is 484 g/mol. The summed E-state index contributed by atoms with van der Waals surface area (Å²) in [6, 6.07) is 11.1. The maximum atomic E-state index is 12.2. The highest BCUT2D eigenvalue weighted by Crippen LogP contribution is 2.41. The van der Waals surface area contributed by atoms with Gasteiger partial charge in [0.25, 0.3) is 0 Å². The van der Waals surface area contributed by atoms with Crippen molar-refractivity contribution < 1.29 is 23.8 Å². The van der Waals surface area contributed by atoms with Crippen LogP contribution in [-0.4, -0.2) is 75.5 Å². The van der Waals surface area contributed by atoms with Gasteiger partial charge in [-0.05, 0) is 36.8 Å². The third-order valence-electron chi connectivity index (χ3n) is 5.80. The lowest BCUT2D eigenvalue weighted by molar-refractivity contribution is 0.0715. The Morgan fingerprint density at radius 3 is 2.74 bits per heavy atom. The van der Waals surface area contributed by atoms with Gasteiger partial charge < -0.3 is 23.9 Å². The second-order valence-corrected chi connectivity index (χ2v) is 8.81. The molecule has 0 aliphatic carbocycles. The van der Waals surface area contributed by atoms with E-state index in [1.807, 2.05) is 24.3 Å². The number of ether oxygens (including phenoxy) is 2. The van der Waals surface area contributed by atoms with Crippen LogP contribution in [0.4, 0.5) is 4.79 Å². The van der Waals surface area contributed by atoms with Crippen LogP contribution in [0.15, 0.2) is 47.1 Å².